The largest absolute Gasteiger partial charge is 0.448 e. The maximum atomic E-state index is 12.0. The maximum absolute atomic E-state index is 12.0. The van der Waals surface area contributed by atoms with Crippen molar-refractivity contribution in [2.45, 2.75) is 168 Å². The molecule has 204 valence electrons. The molecule has 0 saturated carbocycles. The van der Waals surface area contributed by atoms with Crippen molar-refractivity contribution >= 4 is 30.9 Å². The highest BCUT2D eigenvalue weighted by molar-refractivity contribution is 8.06. The van der Waals surface area contributed by atoms with Gasteiger partial charge in [0.05, 0.1) is 6.61 Å². The number of carbonyl (C=O) groups excluding carboxylic acids is 1. The fraction of sp³-hybridized carbons (Fsp3) is 0.966. The Morgan fingerprint density at radius 1 is 0.559 bits per heavy atom. The van der Waals surface area contributed by atoms with Crippen molar-refractivity contribution in [3.05, 3.63) is 0 Å². The van der Waals surface area contributed by atoms with Gasteiger partial charge in [0.2, 0.25) is 0 Å². The number of nitrogens with zero attached hydrogens (tertiary/aromatic N) is 1. The molecule has 0 fully saturated rings. The van der Waals surface area contributed by atoms with E-state index in [4.69, 9.17) is 4.74 Å². The fourth-order valence-electron chi connectivity index (χ4n) is 4.30. The molecule has 0 heterocycles. The molecule has 0 aliphatic carbocycles. The van der Waals surface area contributed by atoms with E-state index in [1.807, 2.05) is 0 Å². The Hall–Kier alpha value is -0.0300. The van der Waals surface area contributed by atoms with E-state index < -0.39 is 0 Å². The van der Waals surface area contributed by atoms with Crippen molar-refractivity contribution in [2.75, 3.05) is 12.4 Å². The second kappa shape index (κ2) is 29.2. The van der Waals surface area contributed by atoms with Crippen LogP contribution in [-0.2, 0) is 4.74 Å². The van der Waals surface area contributed by atoms with Crippen molar-refractivity contribution < 1.29 is 9.53 Å². The Balaban J connectivity index is 3.29. The van der Waals surface area contributed by atoms with Crippen molar-refractivity contribution in [2.24, 2.45) is 0 Å². The van der Waals surface area contributed by atoms with Gasteiger partial charge in [0.15, 0.2) is 0 Å². The lowest BCUT2D eigenvalue weighted by molar-refractivity contribution is 0.140. The minimum absolute atomic E-state index is 0.310. The molecule has 0 aromatic rings. The summed E-state index contributed by atoms with van der Waals surface area (Å²) >= 11 is 5.75. The van der Waals surface area contributed by atoms with Crippen LogP contribution in [0.2, 0.25) is 0 Å². The first-order chi connectivity index (χ1) is 16.7. The molecule has 0 radical (unpaired) electrons. The minimum Gasteiger partial charge on any atom is -0.448 e. The molecular formula is C29H59NO2S2. The van der Waals surface area contributed by atoms with E-state index in [9.17, 15) is 4.79 Å². The Bertz CT molecular complexity index is 410. The second-order valence-corrected chi connectivity index (χ2v) is 11.7. The van der Waals surface area contributed by atoms with Gasteiger partial charge in [-0.3, -0.25) is 0 Å². The molecule has 1 amide bonds. The lowest BCUT2D eigenvalue weighted by atomic mass is 10.1. The lowest BCUT2D eigenvalue weighted by Gasteiger charge is -2.14. The molecule has 0 aromatic heterocycles. The number of rotatable bonds is 27. The molecule has 0 spiro atoms. The van der Waals surface area contributed by atoms with Gasteiger partial charge in [-0.05, 0) is 37.6 Å². The van der Waals surface area contributed by atoms with Crippen molar-refractivity contribution in [3.8, 4) is 0 Å². The normalized spacial score (nSPS) is 11.1. The topological polar surface area (TPSA) is 29.5 Å². The number of hydrogen-bond acceptors (Lipinski definition) is 4. The third-order valence-corrected chi connectivity index (χ3v) is 7.97. The Morgan fingerprint density at radius 3 is 1.26 bits per heavy atom. The van der Waals surface area contributed by atoms with Gasteiger partial charge in [0.25, 0.3) is 0 Å². The summed E-state index contributed by atoms with van der Waals surface area (Å²) in [6, 6.07) is 0. The summed E-state index contributed by atoms with van der Waals surface area (Å²) in [5.41, 5.74) is 0. The number of thiol groups is 1. The van der Waals surface area contributed by atoms with Gasteiger partial charge >= 0.3 is 6.09 Å². The molecule has 0 N–H and O–H groups in total. The van der Waals surface area contributed by atoms with Crippen LogP contribution in [0, 0.1) is 0 Å². The molecule has 0 rings (SSSR count). The highest BCUT2D eigenvalue weighted by Gasteiger charge is 2.11. The number of ether oxygens (including phenoxy) is 1. The smallest absolute Gasteiger partial charge is 0.430 e. The van der Waals surface area contributed by atoms with Gasteiger partial charge in [0.1, 0.15) is 0 Å². The first-order valence-electron chi connectivity index (χ1n) is 15.0. The first kappa shape index (κ1) is 34.0. The predicted molar refractivity (Wildman–Crippen MR) is 157 cm³/mol. The molecule has 5 heteroatoms. The lowest BCUT2D eigenvalue weighted by Crippen LogP contribution is -2.17. The molecule has 3 nitrogen and oxygen atoms in total. The van der Waals surface area contributed by atoms with Gasteiger partial charge in [-0.15, -0.1) is 0 Å². The zero-order valence-corrected chi connectivity index (χ0v) is 24.7. The van der Waals surface area contributed by atoms with Crippen LogP contribution in [0.1, 0.15) is 168 Å². The molecular weight excluding hydrogens is 458 g/mol. The molecule has 0 aliphatic heterocycles. The first-order valence-corrected chi connectivity index (χ1v) is 16.3. The highest BCUT2D eigenvalue weighted by Crippen LogP contribution is 2.18. The van der Waals surface area contributed by atoms with Gasteiger partial charge in [-0.1, -0.05) is 155 Å². The summed E-state index contributed by atoms with van der Waals surface area (Å²) in [5.74, 6) is 0.939. The standard InChI is InChI=1S/C29H59NO2S2/c1-3-5-7-9-11-13-15-17-19-21-23-25-27-32-29(31)30(33)34-28-26-24-22-20-18-16-14-12-10-8-6-4-2/h33H,3-28H2,1-2H3. The number of amides is 1. The van der Waals surface area contributed by atoms with Crippen molar-refractivity contribution in [1.82, 2.24) is 3.71 Å². The molecule has 0 bridgehead atoms. The average molecular weight is 518 g/mol. The zero-order chi connectivity index (χ0) is 25.0. The zero-order valence-electron chi connectivity index (χ0n) is 23.0. The minimum atomic E-state index is -0.310. The Kier molecular flexibility index (Phi) is 29.2. The summed E-state index contributed by atoms with van der Waals surface area (Å²) in [5, 5.41) is 0. The number of carbonyl (C=O) groups is 1. The van der Waals surface area contributed by atoms with E-state index in [0.29, 0.717) is 6.61 Å². The van der Waals surface area contributed by atoms with Crippen LogP contribution in [0.25, 0.3) is 0 Å². The van der Waals surface area contributed by atoms with E-state index in [-0.39, 0.29) is 6.09 Å². The van der Waals surface area contributed by atoms with Crippen molar-refractivity contribution in [3.63, 3.8) is 0 Å². The highest BCUT2D eigenvalue weighted by atomic mass is 32.2. The van der Waals surface area contributed by atoms with Crippen LogP contribution in [0.5, 0.6) is 0 Å². The van der Waals surface area contributed by atoms with Crippen LogP contribution in [0.4, 0.5) is 4.79 Å². The maximum Gasteiger partial charge on any atom is 0.430 e. The predicted octanol–water partition coefficient (Wildman–Crippen LogP) is 11.3. The quantitative estimate of drug-likeness (QED) is 0.0667. The van der Waals surface area contributed by atoms with Crippen molar-refractivity contribution in [1.29, 1.82) is 0 Å². The van der Waals surface area contributed by atoms with Crippen LogP contribution < -0.4 is 0 Å². The number of unbranched alkanes of at least 4 members (excludes halogenated alkanes) is 22. The molecule has 34 heavy (non-hydrogen) atoms. The van der Waals surface area contributed by atoms with Crippen LogP contribution in [0.15, 0.2) is 0 Å². The SMILES string of the molecule is CCCCCCCCCCCCCCOC(=O)N(S)SCCCCCCCCCCCCCC. The van der Waals surface area contributed by atoms with Gasteiger partial charge in [-0.25, -0.2) is 4.79 Å². The summed E-state index contributed by atoms with van der Waals surface area (Å²) in [6.45, 7) is 5.07. The molecule has 0 aliphatic rings. The summed E-state index contributed by atoms with van der Waals surface area (Å²) < 4.78 is 6.72. The van der Waals surface area contributed by atoms with E-state index in [1.54, 1.807) is 0 Å². The van der Waals surface area contributed by atoms with Gasteiger partial charge in [-0.2, -0.15) is 3.71 Å². The molecule has 0 atom stereocenters. The van der Waals surface area contributed by atoms with E-state index in [2.05, 4.69) is 26.7 Å². The van der Waals surface area contributed by atoms with E-state index >= 15 is 0 Å². The van der Waals surface area contributed by atoms with E-state index in [1.165, 1.54) is 150 Å². The third kappa shape index (κ3) is 26.6. The van der Waals surface area contributed by atoms with Gasteiger partial charge < -0.3 is 4.74 Å². The third-order valence-electron chi connectivity index (χ3n) is 6.59. The average Bonchev–Trinajstić information content (AvgIpc) is 2.84. The summed E-state index contributed by atoms with van der Waals surface area (Å²) in [7, 11) is 0. The molecule has 0 unspecified atom stereocenters. The summed E-state index contributed by atoms with van der Waals surface area (Å²) in [4.78, 5) is 12.0. The second-order valence-electron chi connectivity index (χ2n) is 10.00. The Morgan fingerprint density at radius 2 is 0.882 bits per heavy atom. The van der Waals surface area contributed by atoms with E-state index in [0.717, 1.165) is 25.0 Å². The molecule has 0 aromatic carbocycles. The molecule has 0 saturated heterocycles. The van der Waals surface area contributed by atoms with Crippen LogP contribution >= 0.6 is 24.8 Å². The number of hydrogen-bond donors (Lipinski definition) is 1. The van der Waals surface area contributed by atoms with Gasteiger partial charge in [0, 0.05) is 5.75 Å². The summed E-state index contributed by atoms with van der Waals surface area (Å²) in [6.07, 6.45) is 31.7. The Labute approximate surface area is 224 Å². The monoisotopic (exact) mass is 517 g/mol. The fourth-order valence-corrected chi connectivity index (χ4v) is 5.27. The van der Waals surface area contributed by atoms with Crippen LogP contribution in [0.3, 0.4) is 0 Å². The van der Waals surface area contributed by atoms with Crippen LogP contribution in [-0.4, -0.2) is 22.2 Å².